The third-order valence-electron chi connectivity index (χ3n) is 5.06. The SMILES string of the molecule is Cc1cc(-c2ccnc3c2ccn3CC(=O)Nc2ccc(-c3cnccn3)nc2)ccn1. The molecule has 0 aliphatic rings. The van der Waals surface area contributed by atoms with E-state index in [1.807, 2.05) is 42.0 Å². The van der Waals surface area contributed by atoms with Crippen LogP contribution in [-0.2, 0) is 11.3 Å². The number of pyridine rings is 3. The van der Waals surface area contributed by atoms with Crippen LogP contribution < -0.4 is 5.32 Å². The van der Waals surface area contributed by atoms with Gasteiger partial charge in [-0.2, -0.15) is 0 Å². The molecule has 0 unspecified atom stereocenters. The Bertz CT molecular complexity index is 1400. The summed E-state index contributed by atoms with van der Waals surface area (Å²) < 4.78 is 1.84. The van der Waals surface area contributed by atoms with E-state index in [1.165, 1.54) is 0 Å². The lowest BCUT2D eigenvalue weighted by molar-refractivity contribution is -0.116. The highest BCUT2D eigenvalue weighted by Gasteiger charge is 2.12. The van der Waals surface area contributed by atoms with Crippen molar-refractivity contribution in [3.05, 3.63) is 85.5 Å². The molecule has 0 aliphatic heterocycles. The second-order valence-corrected chi connectivity index (χ2v) is 7.30. The smallest absolute Gasteiger partial charge is 0.244 e. The van der Waals surface area contributed by atoms with Crippen molar-refractivity contribution >= 4 is 22.6 Å². The highest BCUT2D eigenvalue weighted by Crippen LogP contribution is 2.28. The van der Waals surface area contributed by atoms with Gasteiger partial charge in [-0.3, -0.25) is 24.7 Å². The number of nitrogens with zero attached hydrogens (tertiary/aromatic N) is 6. The van der Waals surface area contributed by atoms with Crippen LogP contribution in [0.1, 0.15) is 5.69 Å². The van der Waals surface area contributed by atoms with Crippen molar-refractivity contribution in [2.45, 2.75) is 13.5 Å². The second-order valence-electron chi connectivity index (χ2n) is 7.30. The highest BCUT2D eigenvalue weighted by molar-refractivity contribution is 5.95. The summed E-state index contributed by atoms with van der Waals surface area (Å²) in [5.74, 6) is -0.163. The van der Waals surface area contributed by atoms with Gasteiger partial charge in [-0.1, -0.05) is 0 Å². The zero-order chi connectivity index (χ0) is 21.9. The van der Waals surface area contributed by atoms with Crippen molar-refractivity contribution in [2.24, 2.45) is 0 Å². The lowest BCUT2D eigenvalue weighted by atomic mass is 10.0. The minimum Gasteiger partial charge on any atom is -0.323 e. The number of aromatic nitrogens is 6. The molecule has 1 N–H and O–H groups in total. The Labute approximate surface area is 184 Å². The van der Waals surface area contributed by atoms with Gasteiger partial charge in [-0.25, -0.2) is 4.98 Å². The van der Waals surface area contributed by atoms with E-state index in [4.69, 9.17) is 0 Å². The summed E-state index contributed by atoms with van der Waals surface area (Å²) in [6.07, 6.45) is 11.9. The van der Waals surface area contributed by atoms with Crippen LogP contribution in [0.3, 0.4) is 0 Å². The Morgan fingerprint density at radius 2 is 1.81 bits per heavy atom. The molecular formula is C24H19N7O. The van der Waals surface area contributed by atoms with Crippen LogP contribution in [0.25, 0.3) is 33.5 Å². The van der Waals surface area contributed by atoms with E-state index in [1.54, 1.807) is 49.3 Å². The van der Waals surface area contributed by atoms with E-state index in [2.05, 4.69) is 30.2 Å². The molecule has 0 saturated carbocycles. The first-order valence-corrected chi connectivity index (χ1v) is 10.1. The number of aryl methyl sites for hydroxylation is 1. The Morgan fingerprint density at radius 1 is 0.906 bits per heavy atom. The molecule has 0 aliphatic carbocycles. The fourth-order valence-electron chi connectivity index (χ4n) is 3.59. The summed E-state index contributed by atoms with van der Waals surface area (Å²) in [6.45, 7) is 2.10. The predicted molar refractivity (Wildman–Crippen MR) is 122 cm³/mol. The van der Waals surface area contributed by atoms with Crippen molar-refractivity contribution in [1.82, 2.24) is 29.5 Å². The number of hydrogen-bond donors (Lipinski definition) is 1. The van der Waals surface area contributed by atoms with Crippen molar-refractivity contribution < 1.29 is 4.79 Å². The van der Waals surface area contributed by atoms with E-state index >= 15 is 0 Å². The molecule has 8 nitrogen and oxygen atoms in total. The van der Waals surface area contributed by atoms with Gasteiger partial charge in [0, 0.05) is 42.1 Å². The summed E-state index contributed by atoms with van der Waals surface area (Å²) in [5.41, 5.74) is 5.81. The second kappa shape index (κ2) is 8.35. The van der Waals surface area contributed by atoms with E-state index in [-0.39, 0.29) is 12.5 Å². The molecule has 1 amide bonds. The van der Waals surface area contributed by atoms with Gasteiger partial charge in [0.25, 0.3) is 0 Å². The van der Waals surface area contributed by atoms with Gasteiger partial charge in [0.05, 0.1) is 23.8 Å². The average molecular weight is 421 g/mol. The molecule has 5 rings (SSSR count). The van der Waals surface area contributed by atoms with Crippen LogP contribution in [0, 0.1) is 6.92 Å². The molecule has 0 bridgehead atoms. The summed E-state index contributed by atoms with van der Waals surface area (Å²) in [6, 6.07) is 11.6. The van der Waals surface area contributed by atoms with Gasteiger partial charge in [0.15, 0.2) is 0 Å². The number of nitrogens with one attached hydrogen (secondary N) is 1. The fraction of sp³-hybridized carbons (Fsp3) is 0.0833. The zero-order valence-corrected chi connectivity index (χ0v) is 17.3. The molecular weight excluding hydrogens is 402 g/mol. The summed E-state index contributed by atoms with van der Waals surface area (Å²) in [4.78, 5) is 34.1. The fourth-order valence-corrected chi connectivity index (χ4v) is 3.59. The van der Waals surface area contributed by atoms with Gasteiger partial charge in [0.1, 0.15) is 17.9 Å². The van der Waals surface area contributed by atoms with E-state index < -0.39 is 0 Å². The van der Waals surface area contributed by atoms with Crippen LogP contribution in [0.15, 0.2) is 79.8 Å². The van der Waals surface area contributed by atoms with Gasteiger partial charge < -0.3 is 9.88 Å². The van der Waals surface area contributed by atoms with Crippen LogP contribution in [-0.4, -0.2) is 35.4 Å². The molecule has 5 aromatic rings. The first-order chi connectivity index (χ1) is 15.7. The monoisotopic (exact) mass is 421 g/mol. The number of rotatable bonds is 5. The number of amides is 1. The van der Waals surface area contributed by atoms with E-state index in [0.717, 1.165) is 27.9 Å². The van der Waals surface area contributed by atoms with Crippen LogP contribution in [0.4, 0.5) is 5.69 Å². The molecule has 0 spiro atoms. The van der Waals surface area contributed by atoms with Crippen molar-refractivity contribution in [3.8, 4) is 22.5 Å². The molecule has 5 heterocycles. The Kier molecular flexibility index (Phi) is 5.09. The summed E-state index contributed by atoms with van der Waals surface area (Å²) >= 11 is 0. The predicted octanol–water partition coefficient (Wildman–Crippen LogP) is 3.90. The number of hydrogen-bond acceptors (Lipinski definition) is 6. The first kappa shape index (κ1) is 19.5. The molecule has 8 heteroatoms. The Balaban J connectivity index is 1.34. The topological polar surface area (TPSA) is 98.5 Å². The minimum absolute atomic E-state index is 0.140. The lowest BCUT2D eigenvalue weighted by Gasteiger charge is -2.08. The third kappa shape index (κ3) is 3.93. The Hall–Kier alpha value is -4.46. The lowest BCUT2D eigenvalue weighted by Crippen LogP contribution is -2.18. The van der Waals surface area contributed by atoms with Crippen LogP contribution in [0.2, 0.25) is 0 Å². The maximum Gasteiger partial charge on any atom is 0.244 e. The molecule has 5 aromatic heterocycles. The molecule has 32 heavy (non-hydrogen) atoms. The summed E-state index contributed by atoms with van der Waals surface area (Å²) in [5, 5.41) is 3.87. The summed E-state index contributed by atoms with van der Waals surface area (Å²) in [7, 11) is 0. The molecule has 0 saturated heterocycles. The number of carbonyl (C=O) groups excluding carboxylic acids is 1. The van der Waals surface area contributed by atoms with E-state index in [0.29, 0.717) is 17.1 Å². The standard InChI is InChI=1S/C24H19N7O/c1-16-12-17(4-7-26-16)19-5-8-28-24-20(19)6-11-31(24)15-23(32)30-18-2-3-21(29-13-18)22-14-25-9-10-27-22/h2-14H,15H2,1H3,(H,30,32). The van der Waals surface area contributed by atoms with Crippen LogP contribution >= 0.6 is 0 Å². The molecule has 0 aromatic carbocycles. The first-order valence-electron chi connectivity index (χ1n) is 10.1. The quantitative estimate of drug-likeness (QED) is 0.462. The maximum atomic E-state index is 12.7. The molecule has 0 fully saturated rings. The highest BCUT2D eigenvalue weighted by atomic mass is 16.1. The normalized spacial score (nSPS) is 10.9. The van der Waals surface area contributed by atoms with Gasteiger partial charge in [-0.05, 0) is 54.4 Å². The number of carbonyl (C=O) groups is 1. The van der Waals surface area contributed by atoms with Crippen LogP contribution in [0.5, 0.6) is 0 Å². The molecule has 156 valence electrons. The number of fused-ring (bicyclic) bond motifs is 1. The third-order valence-corrected chi connectivity index (χ3v) is 5.06. The van der Waals surface area contributed by atoms with Gasteiger partial charge in [-0.15, -0.1) is 0 Å². The molecule has 0 atom stereocenters. The van der Waals surface area contributed by atoms with Crippen molar-refractivity contribution in [3.63, 3.8) is 0 Å². The minimum atomic E-state index is -0.163. The van der Waals surface area contributed by atoms with Crippen molar-refractivity contribution in [2.75, 3.05) is 5.32 Å². The number of anilines is 1. The van der Waals surface area contributed by atoms with Crippen molar-refractivity contribution in [1.29, 1.82) is 0 Å². The maximum absolute atomic E-state index is 12.7. The van der Waals surface area contributed by atoms with E-state index in [9.17, 15) is 4.79 Å². The average Bonchev–Trinajstić information content (AvgIpc) is 3.23. The molecule has 0 radical (unpaired) electrons. The van der Waals surface area contributed by atoms with Gasteiger partial charge in [0.2, 0.25) is 5.91 Å². The van der Waals surface area contributed by atoms with Gasteiger partial charge >= 0.3 is 0 Å². The zero-order valence-electron chi connectivity index (χ0n) is 17.3. The largest absolute Gasteiger partial charge is 0.323 e. The Morgan fingerprint density at radius 3 is 2.59 bits per heavy atom.